The standard InChI is InChI=1S/C41H70N14O10/c1-22(2)17-29(37(62)52-28(14-10-16-48-41(45)46)36(61)55-31(21-56)38(63)54-30(39(64)65)18-23(3)4)53-35(60)27(13-9-15-47-40(43)44)51-33(58)24(5)50-32(57)20-49-34(59)26(42)19-25-11-7-6-8-12-25/h6-8,11-12,22-24,26-31,56H,9-10,13-21,42H2,1-5H3,(H,49,59)(H,50,57)(H,51,58)(H,52,62)(H,53,60)(H,54,63)(H,55,61)(H,64,65)(H4,43,44,47)(H4,45,46,48)/t24-,26-,27-,28-,29-,30-,31-/m0/s1. The van der Waals surface area contributed by atoms with Crippen molar-refractivity contribution >= 4 is 59.2 Å². The molecule has 0 radical (unpaired) electrons. The number of hydrogen-bond donors (Lipinski definition) is 14. The molecule has 7 atom stereocenters. The molecule has 0 saturated carbocycles. The number of hydrogen-bond acceptors (Lipinski definition) is 12. The number of carboxylic acids is 1. The molecule has 24 nitrogen and oxygen atoms in total. The number of rotatable bonds is 30. The van der Waals surface area contributed by atoms with E-state index in [1.54, 1.807) is 39.8 Å². The zero-order valence-electron chi connectivity index (χ0n) is 37.8. The maximum atomic E-state index is 13.9. The molecule has 0 bridgehead atoms. The van der Waals surface area contributed by atoms with E-state index in [4.69, 9.17) is 28.7 Å². The van der Waals surface area contributed by atoms with Crippen molar-refractivity contribution in [2.75, 3.05) is 26.2 Å². The number of carboxylic acid groups (broad SMARTS) is 1. The van der Waals surface area contributed by atoms with Crippen molar-refractivity contribution in [3.63, 3.8) is 0 Å². The molecule has 0 aliphatic carbocycles. The predicted octanol–water partition coefficient (Wildman–Crippen LogP) is -4.12. The lowest BCUT2D eigenvalue weighted by Gasteiger charge is -2.27. The topological polar surface area (TPSA) is 416 Å². The normalized spacial score (nSPS) is 14.2. The fraction of sp³-hybridized carbons (Fsp3) is 0.610. The third-order valence-electron chi connectivity index (χ3n) is 9.46. The van der Waals surface area contributed by atoms with Crippen LogP contribution in [0.2, 0.25) is 0 Å². The molecule has 1 aromatic rings. The third-order valence-corrected chi connectivity index (χ3v) is 9.46. The minimum Gasteiger partial charge on any atom is -0.480 e. The van der Waals surface area contributed by atoms with Gasteiger partial charge in [-0.3, -0.25) is 43.5 Å². The van der Waals surface area contributed by atoms with E-state index >= 15 is 0 Å². The second kappa shape index (κ2) is 29.7. The Labute approximate surface area is 378 Å². The molecule has 19 N–H and O–H groups in total. The first-order chi connectivity index (χ1) is 30.5. The molecule has 0 unspecified atom stereocenters. The van der Waals surface area contributed by atoms with E-state index in [1.165, 1.54) is 6.92 Å². The monoisotopic (exact) mass is 919 g/mol. The smallest absolute Gasteiger partial charge is 0.326 e. The van der Waals surface area contributed by atoms with Crippen molar-refractivity contribution in [1.29, 1.82) is 0 Å². The zero-order valence-corrected chi connectivity index (χ0v) is 37.8. The maximum absolute atomic E-state index is 13.9. The Hall–Kier alpha value is -6.56. The van der Waals surface area contributed by atoms with Crippen LogP contribution in [-0.4, -0.2) is 138 Å². The van der Waals surface area contributed by atoms with Gasteiger partial charge in [0.25, 0.3) is 0 Å². The summed E-state index contributed by atoms with van der Waals surface area (Å²) in [5.41, 5.74) is 28.6. The van der Waals surface area contributed by atoms with Crippen LogP contribution in [0.4, 0.5) is 0 Å². The molecule has 0 fully saturated rings. The fourth-order valence-corrected chi connectivity index (χ4v) is 6.14. The Morgan fingerprint density at radius 1 is 0.585 bits per heavy atom. The number of amides is 7. The number of nitrogens with one attached hydrogen (secondary N) is 7. The molecule has 1 rings (SSSR count). The number of aliphatic carboxylic acids is 1. The van der Waals surface area contributed by atoms with Crippen LogP contribution < -0.4 is 65.9 Å². The highest BCUT2D eigenvalue weighted by Gasteiger charge is 2.33. The van der Waals surface area contributed by atoms with E-state index < -0.39 is 103 Å². The summed E-state index contributed by atoms with van der Waals surface area (Å²) in [5.74, 6) is -7.64. The van der Waals surface area contributed by atoms with Crippen molar-refractivity contribution in [2.45, 2.75) is 122 Å². The number of aliphatic hydroxyl groups is 1. The lowest BCUT2D eigenvalue weighted by molar-refractivity contribution is -0.143. The molecule has 24 heteroatoms. The largest absolute Gasteiger partial charge is 0.480 e. The van der Waals surface area contributed by atoms with Crippen LogP contribution in [0, 0.1) is 11.8 Å². The summed E-state index contributed by atoms with van der Waals surface area (Å²) < 4.78 is 0. The number of carbonyl (C=O) groups is 8. The SMILES string of the molecule is CC(C)C[C@H](NC(=O)[C@H](CO)NC(=O)[C@H](CCCN=C(N)N)NC(=O)[C@H](CC(C)C)NC(=O)[C@H](CCCN=C(N)N)NC(=O)[C@H](C)NC(=O)CNC(=O)[C@@H](N)Cc1ccccc1)C(=O)O. The molecule has 0 saturated heterocycles. The molecule has 0 aliphatic heterocycles. The fourth-order valence-electron chi connectivity index (χ4n) is 6.14. The first-order valence-electron chi connectivity index (χ1n) is 21.4. The van der Waals surface area contributed by atoms with Gasteiger partial charge in [-0.15, -0.1) is 0 Å². The second-order valence-corrected chi connectivity index (χ2v) is 16.3. The van der Waals surface area contributed by atoms with Gasteiger partial charge in [-0.25, -0.2) is 4.79 Å². The van der Waals surface area contributed by atoms with Crippen molar-refractivity contribution in [2.24, 2.45) is 50.5 Å². The van der Waals surface area contributed by atoms with Crippen LogP contribution in [0.5, 0.6) is 0 Å². The lowest BCUT2D eigenvalue weighted by atomic mass is 10.0. The Bertz CT molecular complexity index is 1790. The van der Waals surface area contributed by atoms with Gasteiger partial charge in [0.05, 0.1) is 19.2 Å². The molecule has 0 heterocycles. The predicted molar refractivity (Wildman–Crippen MR) is 242 cm³/mol. The Balaban J connectivity index is 3.22. The van der Waals surface area contributed by atoms with E-state index in [2.05, 4.69) is 47.2 Å². The molecule has 0 aliphatic rings. The van der Waals surface area contributed by atoms with Gasteiger partial charge in [-0.05, 0) is 69.3 Å². The number of carbonyl (C=O) groups excluding carboxylic acids is 7. The minimum absolute atomic E-state index is 0.0270. The van der Waals surface area contributed by atoms with Crippen molar-refractivity contribution in [1.82, 2.24) is 37.2 Å². The number of benzene rings is 1. The Morgan fingerprint density at radius 2 is 1.02 bits per heavy atom. The van der Waals surface area contributed by atoms with Crippen LogP contribution in [0.25, 0.3) is 0 Å². The van der Waals surface area contributed by atoms with Crippen molar-refractivity contribution in [3.8, 4) is 0 Å². The average molecular weight is 919 g/mol. The molecule has 0 aromatic heterocycles. The molecule has 364 valence electrons. The summed E-state index contributed by atoms with van der Waals surface area (Å²) in [7, 11) is 0. The maximum Gasteiger partial charge on any atom is 0.326 e. The van der Waals surface area contributed by atoms with Crippen LogP contribution in [0.15, 0.2) is 40.3 Å². The highest BCUT2D eigenvalue weighted by molar-refractivity contribution is 5.97. The van der Waals surface area contributed by atoms with Gasteiger partial charge in [0, 0.05) is 13.1 Å². The first kappa shape index (κ1) is 56.5. The van der Waals surface area contributed by atoms with Crippen molar-refractivity contribution in [3.05, 3.63) is 35.9 Å². The van der Waals surface area contributed by atoms with Crippen LogP contribution >= 0.6 is 0 Å². The van der Waals surface area contributed by atoms with Gasteiger partial charge in [-0.2, -0.15) is 0 Å². The Morgan fingerprint density at radius 3 is 1.49 bits per heavy atom. The summed E-state index contributed by atoms with van der Waals surface area (Å²) in [6.45, 7) is 7.15. The van der Waals surface area contributed by atoms with Crippen LogP contribution in [0.3, 0.4) is 0 Å². The molecule has 7 amide bonds. The lowest BCUT2D eigenvalue weighted by Crippen LogP contribution is -2.60. The first-order valence-corrected chi connectivity index (χ1v) is 21.4. The summed E-state index contributed by atoms with van der Waals surface area (Å²) in [6, 6.07) is 0.0548. The van der Waals surface area contributed by atoms with Gasteiger partial charge >= 0.3 is 5.97 Å². The summed E-state index contributed by atoms with van der Waals surface area (Å²) in [4.78, 5) is 113. The summed E-state index contributed by atoms with van der Waals surface area (Å²) in [5, 5.41) is 37.0. The van der Waals surface area contributed by atoms with Crippen LogP contribution in [0.1, 0.15) is 78.7 Å². The van der Waals surface area contributed by atoms with Gasteiger partial charge in [-0.1, -0.05) is 58.0 Å². The number of aliphatic hydroxyl groups excluding tert-OH is 1. The molecule has 0 spiro atoms. The van der Waals surface area contributed by atoms with Gasteiger partial charge in [0.2, 0.25) is 41.4 Å². The third kappa shape index (κ3) is 23.6. The summed E-state index contributed by atoms with van der Waals surface area (Å²) in [6.07, 6.45) is 0.585. The van der Waals surface area contributed by atoms with Gasteiger partial charge in [0.1, 0.15) is 36.3 Å². The quantitative estimate of drug-likeness (QED) is 0.0198. The molecular formula is C41H70N14O10. The average Bonchev–Trinajstić information content (AvgIpc) is 3.22. The minimum atomic E-state index is -1.60. The molecular weight excluding hydrogens is 849 g/mol. The van der Waals surface area contributed by atoms with Gasteiger partial charge in [0.15, 0.2) is 11.9 Å². The summed E-state index contributed by atoms with van der Waals surface area (Å²) >= 11 is 0. The van der Waals surface area contributed by atoms with Crippen molar-refractivity contribution < 1.29 is 48.6 Å². The van der Waals surface area contributed by atoms with E-state index in [9.17, 15) is 48.6 Å². The van der Waals surface area contributed by atoms with E-state index in [0.717, 1.165) is 5.56 Å². The van der Waals surface area contributed by atoms with Gasteiger partial charge < -0.3 is 76.1 Å². The number of guanidine groups is 2. The van der Waals surface area contributed by atoms with E-state index in [-0.39, 0.29) is 81.8 Å². The number of nitrogens with two attached hydrogens (primary N) is 5. The highest BCUT2D eigenvalue weighted by atomic mass is 16.4. The number of aliphatic imine (C=N–C) groups is 2. The molecule has 1 aromatic carbocycles. The zero-order chi connectivity index (χ0) is 49.2. The molecule has 65 heavy (non-hydrogen) atoms. The van der Waals surface area contributed by atoms with Crippen LogP contribution in [-0.2, 0) is 44.8 Å². The van der Waals surface area contributed by atoms with E-state index in [1.807, 2.05) is 18.2 Å². The second-order valence-electron chi connectivity index (χ2n) is 16.3. The number of nitrogens with zero attached hydrogens (tertiary/aromatic N) is 2. The van der Waals surface area contributed by atoms with E-state index in [0.29, 0.717) is 0 Å². The Kier molecular flexibility index (Phi) is 25.8. The highest BCUT2D eigenvalue weighted by Crippen LogP contribution is 2.10.